The predicted octanol–water partition coefficient (Wildman–Crippen LogP) is 15.6. The molecule has 0 radical (unpaired) electrons. The Balaban J connectivity index is 2.07. The molecule has 0 N–H and O–H groups in total. The van der Waals surface area contributed by atoms with Crippen LogP contribution in [0, 0.1) is 0 Å². The van der Waals surface area contributed by atoms with Gasteiger partial charge in [-0.05, 0) is 122 Å². The van der Waals surface area contributed by atoms with Crippen molar-refractivity contribution in [2.24, 2.45) is 0 Å². The fourth-order valence-electron chi connectivity index (χ4n) is 7.42. The van der Waals surface area contributed by atoms with Gasteiger partial charge < -0.3 is 23.8 Å². The van der Waals surface area contributed by atoms with Gasteiger partial charge in [0.15, 0.2) is 0 Å². The monoisotopic (exact) mass is 854 g/mol. The highest BCUT2D eigenvalue weighted by Gasteiger charge is 2.08. The molecule has 1 aromatic rings. The summed E-state index contributed by atoms with van der Waals surface area (Å²) in [5.74, 6) is 1.41. The molecule has 0 saturated heterocycles. The van der Waals surface area contributed by atoms with Gasteiger partial charge in [-0.1, -0.05) is 147 Å². The maximum absolute atomic E-state index is 12.2. The zero-order chi connectivity index (χ0) is 44.1. The Bertz CT molecular complexity index is 1200. The van der Waals surface area contributed by atoms with E-state index in [1.165, 1.54) is 148 Å². The van der Waals surface area contributed by atoms with E-state index < -0.39 is 0 Å². The first-order valence-corrected chi connectivity index (χ1v) is 25.6. The highest BCUT2D eigenvalue weighted by Crippen LogP contribution is 2.25. The Morgan fingerprint density at radius 1 is 0.426 bits per heavy atom. The summed E-state index contributed by atoms with van der Waals surface area (Å²) in [5, 5.41) is 0. The van der Waals surface area contributed by atoms with E-state index in [0.29, 0.717) is 39.3 Å². The van der Waals surface area contributed by atoms with Gasteiger partial charge in [0.25, 0.3) is 0 Å². The number of allylic oxidation sites excluding steroid dienone is 4. The molecule has 0 aliphatic carbocycles. The molecule has 0 aromatic heterocycles. The number of esters is 2. The highest BCUT2D eigenvalue weighted by molar-refractivity contribution is 5.69. The van der Waals surface area contributed by atoms with Gasteiger partial charge in [0, 0.05) is 25.5 Å². The summed E-state index contributed by atoms with van der Waals surface area (Å²) in [7, 11) is 4.10. The maximum atomic E-state index is 12.2. The summed E-state index contributed by atoms with van der Waals surface area (Å²) in [4.78, 5) is 26.5. The first-order chi connectivity index (χ1) is 29.9. The molecule has 0 amide bonds. The van der Waals surface area contributed by atoms with Crippen molar-refractivity contribution in [3.8, 4) is 11.5 Å². The average molecular weight is 854 g/mol. The Labute approximate surface area is 376 Å². The fraction of sp³-hybridized carbons (Fsp3) is 0.778. The smallest absolute Gasteiger partial charge is 0.305 e. The van der Waals surface area contributed by atoms with Gasteiger partial charge in [0.05, 0.1) is 26.4 Å². The number of hydrogen-bond donors (Lipinski definition) is 0. The van der Waals surface area contributed by atoms with Crippen molar-refractivity contribution in [2.45, 2.75) is 232 Å². The topological polar surface area (TPSA) is 74.3 Å². The van der Waals surface area contributed by atoms with Crippen LogP contribution in [-0.2, 0) is 25.6 Å². The third-order valence-corrected chi connectivity index (χ3v) is 11.1. The predicted molar refractivity (Wildman–Crippen MR) is 259 cm³/mol. The van der Waals surface area contributed by atoms with Crippen molar-refractivity contribution in [2.75, 3.05) is 40.5 Å². The minimum atomic E-state index is -0.0843. The zero-order valence-electron chi connectivity index (χ0n) is 40.3. The molecule has 1 aromatic carbocycles. The van der Waals surface area contributed by atoms with Crippen LogP contribution in [-0.4, -0.2) is 57.4 Å². The second-order valence-corrected chi connectivity index (χ2v) is 17.6. The van der Waals surface area contributed by atoms with Crippen molar-refractivity contribution in [3.63, 3.8) is 0 Å². The normalized spacial score (nSPS) is 11.6. The van der Waals surface area contributed by atoms with E-state index in [1.807, 2.05) is 20.2 Å². The van der Waals surface area contributed by atoms with Crippen LogP contribution in [0.1, 0.15) is 231 Å². The van der Waals surface area contributed by atoms with Gasteiger partial charge in [-0.25, -0.2) is 0 Å². The SMILES string of the molecule is CCCCCCCC/C=C\CCCCCCCCC(=O)OCCCCOc1cc(CN(C)C)cc(OCCCCOC(=O)CCCCCCC/C=C\CCCCCCCC)c1. The molecule has 0 spiro atoms. The molecule has 7 heteroatoms. The second kappa shape index (κ2) is 43.8. The lowest BCUT2D eigenvalue weighted by Gasteiger charge is -2.15. The van der Waals surface area contributed by atoms with Crippen LogP contribution < -0.4 is 9.47 Å². The summed E-state index contributed by atoms with van der Waals surface area (Å²) >= 11 is 0. The highest BCUT2D eigenvalue weighted by atomic mass is 16.5. The molecule has 352 valence electrons. The molecular weight excluding hydrogens is 759 g/mol. The summed E-state index contributed by atoms with van der Waals surface area (Å²) in [6.45, 7) is 7.32. The Hall–Kier alpha value is -2.80. The molecule has 61 heavy (non-hydrogen) atoms. The fourth-order valence-corrected chi connectivity index (χ4v) is 7.42. The van der Waals surface area contributed by atoms with E-state index in [0.717, 1.165) is 75.0 Å². The third kappa shape index (κ3) is 39.8. The van der Waals surface area contributed by atoms with E-state index in [-0.39, 0.29) is 11.9 Å². The van der Waals surface area contributed by atoms with Crippen molar-refractivity contribution in [1.82, 2.24) is 4.90 Å². The molecule has 0 unspecified atom stereocenters. The maximum Gasteiger partial charge on any atom is 0.305 e. The number of carbonyl (C=O) groups is 2. The van der Waals surface area contributed by atoms with Gasteiger partial charge in [-0.15, -0.1) is 0 Å². The van der Waals surface area contributed by atoms with Crippen molar-refractivity contribution in [3.05, 3.63) is 48.1 Å². The van der Waals surface area contributed by atoms with Crippen LogP contribution in [0.2, 0.25) is 0 Å². The Kier molecular flexibility index (Phi) is 40.4. The molecule has 0 fully saturated rings. The van der Waals surface area contributed by atoms with Crippen molar-refractivity contribution in [1.29, 1.82) is 0 Å². The number of hydrogen-bond acceptors (Lipinski definition) is 7. The van der Waals surface area contributed by atoms with Gasteiger partial charge in [0.1, 0.15) is 11.5 Å². The minimum absolute atomic E-state index is 0.0819. The van der Waals surface area contributed by atoms with Gasteiger partial charge >= 0.3 is 11.9 Å². The van der Waals surface area contributed by atoms with E-state index in [4.69, 9.17) is 18.9 Å². The van der Waals surface area contributed by atoms with E-state index in [1.54, 1.807) is 0 Å². The number of carbonyl (C=O) groups excluding carboxylic acids is 2. The molecular formula is C54H95NO6. The average Bonchev–Trinajstić information content (AvgIpc) is 3.24. The number of benzene rings is 1. The molecule has 0 atom stereocenters. The molecule has 1 rings (SSSR count). The molecule has 0 saturated carbocycles. The van der Waals surface area contributed by atoms with Crippen LogP contribution in [0.3, 0.4) is 0 Å². The van der Waals surface area contributed by atoms with E-state index >= 15 is 0 Å². The first kappa shape index (κ1) is 56.2. The molecule has 0 aliphatic heterocycles. The van der Waals surface area contributed by atoms with Gasteiger partial charge in [-0.2, -0.15) is 0 Å². The summed E-state index contributed by atoms with van der Waals surface area (Å²) in [6.07, 6.45) is 47.6. The van der Waals surface area contributed by atoms with E-state index in [2.05, 4.69) is 55.2 Å². The molecule has 0 heterocycles. The standard InChI is InChI=1S/C54H95NO6/c1-5-7-9-11-13-15-17-19-21-23-25-27-29-31-33-35-41-54(57)61-45-39-37-43-59-52-47-50(49-55(3)4)46-51(48-52)58-42-36-38-44-60-53(56)40-34-32-30-28-26-24-22-20-18-16-14-12-10-8-6-2/h19-22,46-48H,5-18,23-45,49H2,1-4H3/b21-19-,22-20-. The van der Waals surface area contributed by atoms with Crippen LogP contribution >= 0.6 is 0 Å². The second-order valence-electron chi connectivity index (χ2n) is 17.6. The molecule has 0 bridgehead atoms. The van der Waals surface area contributed by atoms with Gasteiger partial charge in [-0.3, -0.25) is 9.59 Å². The van der Waals surface area contributed by atoms with Gasteiger partial charge in [0.2, 0.25) is 0 Å². The number of unbranched alkanes of at least 4 members (excludes halogenated alkanes) is 25. The first-order valence-electron chi connectivity index (χ1n) is 25.6. The summed E-state index contributed by atoms with van der Waals surface area (Å²) < 4.78 is 23.2. The van der Waals surface area contributed by atoms with E-state index in [9.17, 15) is 9.59 Å². The minimum Gasteiger partial charge on any atom is -0.493 e. The lowest BCUT2D eigenvalue weighted by molar-refractivity contribution is -0.144. The molecule has 7 nitrogen and oxygen atoms in total. The number of nitrogens with zero attached hydrogens (tertiary/aromatic N) is 1. The summed E-state index contributed by atoms with van der Waals surface area (Å²) in [6, 6.07) is 6.08. The van der Waals surface area contributed by atoms with Crippen molar-refractivity contribution >= 4 is 11.9 Å². The quantitative estimate of drug-likeness (QED) is 0.0367. The Morgan fingerprint density at radius 2 is 0.754 bits per heavy atom. The van der Waals surface area contributed by atoms with Crippen LogP contribution in [0.4, 0.5) is 0 Å². The van der Waals surface area contributed by atoms with Crippen molar-refractivity contribution < 1.29 is 28.5 Å². The third-order valence-electron chi connectivity index (χ3n) is 11.1. The molecule has 0 aliphatic rings. The largest absolute Gasteiger partial charge is 0.493 e. The van der Waals surface area contributed by atoms with Crippen LogP contribution in [0.5, 0.6) is 11.5 Å². The van der Waals surface area contributed by atoms with Crippen LogP contribution in [0.15, 0.2) is 42.5 Å². The Morgan fingerprint density at radius 3 is 1.11 bits per heavy atom. The lowest BCUT2D eigenvalue weighted by atomic mass is 10.1. The number of ether oxygens (including phenoxy) is 4. The number of rotatable bonds is 45. The lowest BCUT2D eigenvalue weighted by Crippen LogP contribution is -2.11. The van der Waals surface area contributed by atoms with Crippen LogP contribution in [0.25, 0.3) is 0 Å². The summed E-state index contributed by atoms with van der Waals surface area (Å²) in [5.41, 5.74) is 1.13. The zero-order valence-corrected chi connectivity index (χ0v) is 40.3.